The molecule has 0 radical (unpaired) electrons. The Hall–Kier alpha value is -1.34. The molecule has 1 heterocycles. The Morgan fingerprint density at radius 1 is 1.36 bits per heavy atom. The molecule has 0 aliphatic heterocycles. The Balaban J connectivity index is 2.92. The summed E-state index contributed by atoms with van der Waals surface area (Å²) in [5, 5.41) is 1.72. The number of halogens is 1. The van der Waals surface area contributed by atoms with E-state index in [1.807, 2.05) is 31.2 Å². The zero-order valence-electron chi connectivity index (χ0n) is 7.92. The van der Waals surface area contributed by atoms with Gasteiger partial charge in [0.25, 0.3) is 0 Å². The zero-order chi connectivity index (χ0) is 10.1. The largest absolute Gasteiger partial charge is 0.252 e. The minimum Gasteiger partial charge on any atom is -0.252 e. The van der Waals surface area contributed by atoms with E-state index in [2.05, 4.69) is 11.6 Å². The highest BCUT2D eigenvalue weighted by atomic mass is 35.5. The number of para-hydroxylation sites is 1. The van der Waals surface area contributed by atoms with Crippen molar-refractivity contribution in [3.8, 4) is 0 Å². The quantitative estimate of drug-likeness (QED) is 0.686. The van der Waals surface area contributed by atoms with Crippen molar-refractivity contribution in [3.05, 3.63) is 47.1 Å². The van der Waals surface area contributed by atoms with Gasteiger partial charge in [-0.2, -0.15) is 0 Å². The first-order valence-corrected chi connectivity index (χ1v) is 4.79. The van der Waals surface area contributed by atoms with Crippen LogP contribution in [0.5, 0.6) is 0 Å². The normalized spacial score (nSPS) is 10.4. The molecular weight excluding hydrogens is 194 g/mol. The number of hydrogen-bond acceptors (Lipinski definition) is 1. The van der Waals surface area contributed by atoms with E-state index < -0.39 is 0 Å². The highest BCUT2D eigenvalue weighted by molar-refractivity contribution is 6.36. The van der Waals surface area contributed by atoms with Gasteiger partial charge < -0.3 is 0 Å². The van der Waals surface area contributed by atoms with Crippen molar-refractivity contribution in [1.82, 2.24) is 4.98 Å². The number of pyridine rings is 1. The first kappa shape index (κ1) is 9.22. The van der Waals surface area contributed by atoms with Crippen LogP contribution >= 0.6 is 11.6 Å². The Morgan fingerprint density at radius 3 is 2.79 bits per heavy atom. The second-order valence-corrected chi connectivity index (χ2v) is 3.52. The van der Waals surface area contributed by atoms with Gasteiger partial charge in [-0.3, -0.25) is 4.98 Å². The summed E-state index contributed by atoms with van der Waals surface area (Å²) < 4.78 is 0. The maximum atomic E-state index is 6.24. The van der Waals surface area contributed by atoms with Gasteiger partial charge in [0.05, 0.1) is 10.5 Å². The molecular formula is C12H10ClN. The van der Waals surface area contributed by atoms with E-state index in [1.54, 1.807) is 6.08 Å². The van der Waals surface area contributed by atoms with Crippen molar-refractivity contribution in [2.75, 3.05) is 0 Å². The van der Waals surface area contributed by atoms with Gasteiger partial charge in [0, 0.05) is 16.6 Å². The topological polar surface area (TPSA) is 12.9 Å². The van der Waals surface area contributed by atoms with Crippen LogP contribution in [0.4, 0.5) is 0 Å². The number of nitrogens with zero attached hydrogens (tertiary/aromatic N) is 1. The summed E-state index contributed by atoms with van der Waals surface area (Å²) in [6, 6.07) is 7.84. The second kappa shape index (κ2) is 3.43. The van der Waals surface area contributed by atoms with Gasteiger partial charge in [0.15, 0.2) is 0 Å². The van der Waals surface area contributed by atoms with Gasteiger partial charge in [-0.05, 0) is 13.0 Å². The van der Waals surface area contributed by atoms with E-state index >= 15 is 0 Å². The molecule has 0 saturated carbocycles. The van der Waals surface area contributed by atoms with Gasteiger partial charge in [-0.25, -0.2) is 0 Å². The molecule has 0 N–H and O–H groups in total. The van der Waals surface area contributed by atoms with Crippen LogP contribution in [0.25, 0.3) is 17.0 Å². The molecule has 1 aromatic carbocycles. The maximum Gasteiger partial charge on any atom is 0.0720 e. The molecule has 0 aliphatic carbocycles. The zero-order valence-corrected chi connectivity index (χ0v) is 8.67. The average Bonchev–Trinajstić information content (AvgIpc) is 2.18. The summed E-state index contributed by atoms with van der Waals surface area (Å²) in [5.41, 5.74) is 2.77. The Kier molecular flexibility index (Phi) is 2.26. The Labute approximate surface area is 88.0 Å². The number of aromatic nitrogens is 1. The molecule has 0 aliphatic rings. The Morgan fingerprint density at radius 2 is 2.07 bits per heavy atom. The average molecular weight is 204 g/mol. The number of benzene rings is 1. The molecule has 0 spiro atoms. The van der Waals surface area contributed by atoms with Crippen LogP contribution in [0, 0.1) is 6.92 Å². The summed E-state index contributed by atoms with van der Waals surface area (Å²) in [4.78, 5) is 4.45. The molecule has 1 nitrogen and oxygen atoms in total. The molecule has 2 heteroatoms. The summed E-state index contributed by atoms with van der Waals surface area (Å²) in [5.74, 6) is 0. The standard InChI is InChI=1S/C12H10ClN/c1-3-9-8(2)14-11-7-5-4-6-10(11)12(9)13/h3-7H,1H2,2H3. The molecule has 14 heavy (non-hydrogen) atoms. The van der Waals surface area contributed by atoms with E-state index in [1.165, 1.54) is 0 Å². The summed E-state index contributed by atoms with van der Waals surface area (Å²) in [6.07, 6.45) is 1.75. The fraction of sp³-hybridized carbons (Fsp3) is 0.0833. The maximum absolute atomic E-state index is 6.24. The van der Waals surface area contributed by atoms with Crippen LogP contribution in [0.1, 0.15) is 11.3 Å². The first-order valence-electron chi connectivity index (χ1n) is 4.41. The predicted molar refractivity (Wildman–Crippen MR) is 61.6 cm³/mol. The summed E-state index contributed by atoms with van der Waals surface area (Å²) in [6.45, 7) is 5.67. The molecule has 2 rings (SSSR count). The number of aryl methyl sites for hydroxylation is 1. The smallest absolute Gasteiger partial charge is 0.0720 e. The molecule has 0 fully saturated rings. The number of fused-ring (bicyclic) bond motifs is 1. The SMILES string of the molecule is C=Cc1c(C)nc2ccccc2c1Cl. The fourth-order valence-electron chi connectivity index (χ4n) is 1.54. The molecule has 0 atom stereocenters. The van der Waals surface area contributed by atoms with E-state index in [4.69, 9.17) is 11.6 Å². The third kappa shape index (κ3) is 1.30. The molecule has 1 aromatic heterocycles. The van der Waals surface area contributed by atoms with Crippen LogP contribution in [0.15, 0.2) is 30.8 Å². The van der Waals surface area contributed by atoms with Crippen LogP contribution in [0.3, 0.4) is 0 Å². The van der Waals surface area contributed by atoms with Crippen LogP contribution in [0.2, 0.25) is 5.02 Å². The van der Waals surface area contributed by atoms with Gasteiger partial charge in [-0.1, -0.05) is 42.5 Å². The van der Waals surface area contributed by atoms with Crippen molar-refractivity contribution in [2.45, 2.75) is 6.92 Å². The van der Waals surface area contributed by atoms with E-state index in [0.29, 0.717) is 0 Å². The van der Waals surface area contributed by atoms with Crippen molar-refractivity contribution < 1.29 is 0 Å². The van der Waals surface area contributed by atoms with E-state index in [9.17, 15) is 0 Å². The highest BCUT2D eigenvalue weighted by Crippen LogP contribution is 2.28. The molecule has 0 amide bonds. The van der Waals surface area contributed by atoms with Crippen LogP contribution < -0.4 is 0 Å². The second-order valence-electron chi connectivity index (χ2n) is 3.15. The lowest BCUT2D eigenvalue weighted by atomic mass is 10.1. The van der Waals surface area contributed by atoms with Gasteiger partial charge in [0.1, 0.15) is 0 Å². The lowest BCUT2D eigenvalue weighted by Crippen LogP contribution is -1.90. The molecule has 0 bridgehead atoms. The monoisotopic (exact) mass is 203 g/mol. The Bertz CT molecular complexity index is 503. The van der Waals surface area contributed by atoms with Crippen LogP contribution in [-0.2, 0) is 0 Å². The van der Waals surface area contributed by atoms with Gasteiger partial charge in [-0.15, -0.1) is 0 Å². The lowest BCUT2D eigenvalue weighted by molar-refractivity contribution is 1.24. The fourth-order valence-corrected chi connectivity index (χ4v) is 1.91. The highest BCUT2D eigenvalue weighted by Gasteiger charge is 2.06. The first-order chi connectivity index (χ1) is 6.74. The molecule has 0 unspecified atom stereocenters. The third-order valence-corrected chi connectivity index (χ3v) is 2.67. The van der Waals surface area contributed by atoms with Crippen molar-refractivity contribution in [3.63, 3.8) is 0 Å². The van der Waals surface area contributed by atoms with E-state index in [0.717, 1.165) is 27.2 Å². The predicted octanol–water partition coefficient (Wildman–Crippen LogP) is 3.84. The molecule has 2 aromatic rings. The van der Waals surface area contributed by atoms with E-state index in [-0.39, 0.29) is 0 Å². The van der Waals surface area contributed by atoms with Crippen LogP contribution in [-0.4, -0.2) is 4.98 Å². The number of hydrogen-bond donors (Lipinski definition) is 0. The summed E-state index contributed by atoms with van der Waals surface area (Å²) in [7, 11) is 0. The minimum atomic E-state index is 0.739. The van der Waals surface area contributed by atoms with Crippen molar-refractivity contribution >= 4 is 28.6 Å². The van der Waals surface area contributed by atoms with Crippen molar-refractivity contribution in [2.24, 2.45) is 0 Å². The number of rotatable bonds is 1. The molecule has 70 valence electrons. The lowest BCUT2D eigenvalue weighted by Gasteiger charge is -2.06. The van der Waals surface area contributed by atoms with Crippen molar-refractivity contribution in [1.29, 1.82) is 0 Å². The summed E-state index contributed by atoms with van der Waals surface area (Å²) >= 11 is 6.24. The van der Waals surface area contributed by atoms with Gasteiger partial charge >= 0.3 is 0 Å². The molecule has 0 saturated heterocycles. The minimum absolute atomic E-state index is 0.739. The third-order valence-electron chi connectivity index (χ3n) is 2.26. The van der Waals surface area contributed by atoms with Gasteiger partial charge in [0.2, 0.25) is 0 Å².